The molecule has 1 aliphatic rings. The van der Waals surface area contributed by atoms with Crippen LogP contribution < -0.4 is 11.5 Å². The van der Waals surface area contributed by atoms with Crippen molar-refractivity contribution in [3.8, 4) is 6.07 Å². The van der Waals surface area contributed by atoms with Crippen LogP contribution in [0.5, 0.6) is 0 Å². The fourth-order valence-corrected chi connectivity index (χ4v) is 1.94. The normalized spacial score (nSPS) is 19.4. The van der Waals surface area contributed by atoms with E-state index in [1.165, 1.54) is 0 Å². The van der Waals surface area contributed by atoms with E-state index in [0.29, 0.717) is 30.8 Å². The van der Waals surface area contributed by atoms with Crippen LogP contribution in [0.3, 0.4) is 0 Å². The van der Waals surface area contributed by atoms with Crippen LogP contribution in [0.2, 0.25) is 0 Å². The highest BCUT2D eigenvalue weighted by Crippen LogP contribution is 2.19. The monoisotopic (exact) mass is 230 g/mol. The van der Waals surface area contributed by atoms with Gasteiger partial charge in [0.2, 0.25) is 5.91 Å². The SMILES string of the molecule is N#Cc1ccc(N)c(CN2CCC(N)C2=O)c1. The van der Waals surface area contributed by atoms with Gasteiger partial charge in [-0.3, -0.25) is 4.79 Å². The molecule has 1 amide bonds. The first kappa shape index (κ1) is 11.4. The zero-order chi connectivity index (χ0) is 12.4. The second kappa shape index (κ2) is 4.44. The van der Waals surface area contributed by atoms with Crippen molar-refractivity contribution in [3.05, 3.63) is 29.3 Å². The van der Waals surface area contributed by atoms with Gasteiger partial charge in [-0.15, -0.1) is 0 Å². The second-order valence-electron chi connectivity index (χ2n) is 4.18. The smallest absolute Gasteiger partial charge is 0.239 e. The van der Waals surface area contributed by atoms with Crippen molar-refractivity contribution in [3.63, 3.8) is 0 Å². The number of hydrogen-bond acceptors (Lipinski definition) is 4. The molecule has 1 atom stereocenters. The first-order chi connectivity index (χ1) is 8.11. The Bertz CT molecular complexity index is 492. The van der Waals surface area contributed by atoms with E-state index >= 15 is 0 Å². The standard InChI is InChI=1S/C12H14N4O/c13-6-8-1-2-10(14)9(5-8)7-16-4-3-11(15)12(16)17/h1-2,5,11H,3-4,7,14-15H2. The number of amides is 1. The number of likely N-dealkylation sites (tertiary alicyclic amines) is 1. The molecule has 0 aromatic heterocycles. The summed E-state index contributed by atoms with van der Waals surface area (Å²) in [7, 11) is 0. The van der Waals surface area contributed by atoms with Gasteiger partial charge in [0.05, 0.1) is 17.7 Å². The van der Waals surface area contributed by atoms with Gasteiger partial charge in [-0.25, -0.2) is 0 Å². The molecule has 0 radical (unpaired) electrons. The van der Waals surface area contributed by atoms with E-state index in [1.54, 1.807) is 23.1 Å². The average molecular weight is 230 g/mol. The van der Waals surface area contributed by atoms with Gasteiger partial charge in [-0.1, -0.05) is 0 Å². The van der Waals surface area contributed by atoms with Crippen molar-refractivity contribution < 1.29 is 4.79 Å². The lowest BCUT2D eigenvalue weighted by atomic mass is 10.1. The molecule has 4 N–H and O–H groups in total. The van der Waals surface area contributed by atoms with Gasteiger partial charge in [0.15, 0.2) is 0 Å². The predicted octanol–water partition coefficient (Wildman–Crippen LogP) is 0.200. The van der Waals surface area contributed by atoms with E-state index < -0.39 is 6.04 Å². The Morgan fingerprint density at radius 3 is 2.88 bits per heavy atom. The molecule has 0 aliphatic carbocycles. The molecule has 17 heavy (non-hydrogen) atoms. The van der Waals surface area contributed by atoms with Crippen molar-refractivity contribution >= 4 is 11.6 Å². The summed E-state index contributed by atoms with van der Waals surface area (Å²) >= 11 is 0. The Kier molecular flexibility index (Phi) is 2.98. The third kappa shape index (κ3) is 2.22. The highest BCUT2D eigenvalue weighted by Gasteiger charge is 2.28. The molecule has 0 spiro atoms. The Morgan fingerprint density at radius 1 is 1.53 bits per heavy atom. The van der Waals surface area contributed by atoms with Gasteiger partial charge >= 0.3 is 0 Å². The second-order valence-corrected chi connectivity index (χ2v) is 4.18. The third-order valence-corrected chi connectivity index (χ3v) is 2.97. The quantitative estimate of drug-likeness (QED) is 0.709. The summed E-state index contributed by atoms with van der Waals surface area (Å²) in [6.45, 7) is 1.07. The highest BCUT2D eigenvalue weighted by molar-refractivity contribution is 5.83. The van der Waals surface area contributed by atoms with Crippen molar-refractivity contribution in [2.24, 2.45) is 5.73 Å². The average Bonchev–Trinajstić information content (AvgIpc) is 2.64. The number of anilines is 1. The number of nitrogens with two attached hydrogens (primary N) is 2. The van der Waals surface area contributed by atoms with Crippen LogP contribution >= 0.6 is 0 Å². The van der Waals surface area contributed by atoms with E-state index in [9.17, 15) is 4.79 Å². The van der Waals surface area contributed by atoms with E-state index in [1.807, 2.05) is 0 Å². The van der Waals surface area contributed by atoms with Gasteiger partial charge < -0.3 is 16.4 Å². The number of nitrogen functional groups attached to an aromatic ring is 1. The van der Waals surface area contributed by atoms with Crippen LogP contribution in [0.15, 0.2) is 18.2 Å². The fourth-order valence-electron chi connectivity index (χ4n) is 1.94. The molecule has 5 heteroatoms. The van der Waals surface area contributed by atoms with Crippen molar-refractivity contribution in [1.29, 1.82) is 5.26 Å². The maximum absolute atomic E-state index is 11.7. The molecule has 0 bridgehead atoms. The Labute approximate surface area is 99.6 Å². The van der Waals surface area contributed by atoms with E-state index in [-0.39, 0.29) is 5.91 Å². The van der Waals surface area contributed by atoms with Crippen LogP contribution in [0, 0.1) is 11.3 Å². The summed E-state index contributed by atoms with van der Waals surface area (Å²) < 4.78 is 0. The zero-order valence-corrected chi connectivity index (χ0v) is 9.39. The molecule has 1 aromatic rings. The van der Waals surface area contributed by atoms with Gasteiger partial charge in [0.25, 0.3) is 0 Å². The van der Waals surface area contributed by atoms with Crippen LogP contribution in [0.4, 0.5) is 5.69 Å². The largest absolute Gasteiger partial charge is 0.398 e. The maximum Gasteiger partial charge on any atom is 0.239 e. The van der Waals surface area contributed by atoms with Gasteiger partial charge in [0.1, 0.15) is 0 Å². The molecule has 1 saturated heterocycles. The summed E-state index contributed by atoms with van der Waals surface area (Å²) in [4.78, 5) is 13.3. The minimum absolute atomic E-state index is 0.0493. The van der Waals surface area contributed by atoms with Crippen molar-refractivity contribution in [1.82, 2.24) is 4.90 Å². The molecule has 1 heterocycles. The molecule has 0 saturated carbocycles. The molecule has 1 aliphatic heterocycles. The lowest BCUT2D eigenvalue weighted by molar-refractivity contribution is -0.129. The van der Waals surface area contributed by atoms with Gasteiger partial charge in [-0.05, 0) is 30.2 Å². The summed E-state index contributed by atoms with van der Waals surface area (Å²) in [5.41, 5.74) is 13.4. The summed E-state index contributed by atoms with van der Waals surface area (Å²) in [6, 6.07) is 6.73. The molecule has 1 unspecified atom stereocenters. The molecule has 1 fully saturated rings. The zero-order valence-electron chi connectivity index (χ0n) is 9.39. The van der Waals surface area contributed by atoms with Crippen LogP contribution in [0.1, 0.15) is 17.5 Å². The number of nitriles is 1. The van der Waals surface area contributed by atoms with E-state index in [0.717, 1.165) is 5.56 Å². The molecular weight excluding hydrogens is 216 g/mol. The number of carbonyl (C=O) groups excluding carboxylic acids is 1. The van der Waals surface area contributed by atoms with Crippen molar-refractivity contribution in [2.45, 2.75) is 19.0 Å². The summed E-state index contributed by atoms with van der Waals surface area (Å²) in [5, 5.41) is 8.82. The maximum atomic E-state index is 11.7. The molecule has 88 valence electrons. The number of hydrogen-bond donors (Lipinski definition) is 2. The highest BCUT2D eigenvalue weighted by atomic mass is 16.2. The molecule has 1 aromatic carbocycles. The minimum Gasteiger partial charge on any atom is -0.398 e. The van der Waals surface area contributed by atoms with Crippen molar-refractivity contribution in [2.75, 3.05) is 12.3 Å². The molecular formula is C12H14N4O. The number of nitrogens with zero attached hydrogens (tertiary/aromatic N) is 2. The Morgan fingerprint density at radius 2 is 2.29 bits per heavy atom. The molecule has 2 rings (SSSR count). The number of benzene rings is 1. The Balaban J connectivity index is 2.19. The fraction of sp³-hybridized carbons (Fsp3) is 0.333. The summed E-state index contributed by atoms with van der Waals surface area (Å²) in [5.74, 6) is -0.0493. The van der Waals surface area contributed by atoms with Gasteiger partial charge in [-0.2, -0.15) is 5.26 Å². The predicted molar refractivity (Wildman–Crippen MR) is 63.6 cm³/mol. The van der Waals surface area contributed by atoms with Gasteiger partial charge in [0, 0.05) is 18.8 Å². The van der Waals surface area contributed by atoms with Crippen LogP contribution in [0.25, 0.3) is 0 Å². The molecule has 5 nitrogen and oxygen atoms in total. The topological polar surface area (TPSA) is 96.1 Å². The first-order valence-corrected chi connectivity index (χ1v) is 5.44. The lowest BCUT2D eigenvalue weighted by Crippen LogP contribution is -2.33. The van der Waals surface area contributed by atoms with Crippen LogP contribution in [-0.4, -0.2) is 23.4 Å². The first-order valence-electron chi connectivity index (χ1n) is 5.44. The van der Waals surface area contributed by atoms with Crippen LogP contribution in [-0.2, 0) is 11.3 Å². The number of rotatable bonds is 2. The van der Waals surface area contributed by atoms with E-state index in [2.05, 4.69) is 6.07 Å². The van der Waals surface area contributed by atoms with E-state index in [4.69, 9.17) is 16.7 Å². The number of carbonyl (C=O) groups is 1. The lowest BCUT2D eigenvalue weighted by Gasteiger charge is -2.17. The third-order valence-electron chi connectivity index (χ3n) is 2.97. The Hall–Kier alpha value is -2.06. The summed E-state index contributed by atoms with van der Waals surface area (Å²) in [6.07, 6.45) is 0.677. The minimum atomic E-state index is -0.393.